The van der Waals surface area contributed by atoms with E-state index in [4.69, 9.17) is 23.2 Å². The summed E-state index contributed by atoms with van der Waals surface area (Å²) >= 11 is 11.7. The van der Waals surface area contributed by atoms with E-state index in [1.54, 1.807) is 0 Å². The first-order valence-corrected chi connectivity index (χ1v) is 5.50. The molecule has 0 saturated carbocycles. The molecule has 0 bridgehead atoms. The number of Topliss-reactive ketones (excluding diaryl/α,β-unsaturated/α-hetero) is 1. The molecule has 0 atom stereocenters. The Kier molecular flexibility index (Phi) is 2.80. The predicted octanol–water partition coefficient (Wildman–Crippen LogP) is 2.79. The normalized spacial score (nSPS) is 14.6. The zero-order valence-corrected chi connectivity index (χ0v) is 9.16. The van der Waals surface area contributed by atoms with Crippen molar-refractivity contribution in [2.75, 3.05) is 5.88 Å². The van der Waals surface area contributed by atoms with Crippen molar-refractivity contribution in [1.29, 1.82) is 0 Å². The van der Waals surface area contributed by atoms with E-state index in [1.165, 1.54) is 0 Å². The SMILES string of the molecule is O=C1Cc2cc(Cl)c(CCCl)cc2C1. The molecule has 1 aromatic rings. The van der Waals surface area contributed by atoms with E-state index in [2.05, 4.69) is 0 Å². The number of aryl methyl sites for hydroxylation is 1. The van der Waals surface area contributed by atoms with Crippen molar-refractivity contribution < 1.29 is 4.79 Å². The number of benzene rings is 1. The molecule has 0 unspecified atom stereocenters. The summed E-state index contributed by atoms with van der Waals surface area (Å²) in [4.78, 5) is 11.2. The molecule has 1 aromatic carbocycles. The highest BCUT2D eigenvalue weighted by atomic mass is 35.5. The van der Waals surface area contributed by atoms with Crippen LogP contribution in [0.5, 0.6) is 0 Å². The van der Waals surface area contributed by atoms with Crippen LogP contribution < -0.4 is 0 Å². The molecule has 0 radical (unpaired) electrons. The molecule has 14 heavy (non-hydrogen) atoms. The topological polar surface area (TPSA) is 17.1 Å². The lowest BCUT2D eigenvalue weighted by Gasteiger charge is -2.05. The number of rotatable bonds is 2. The highest BCUT2D eigenvalue weighted by Gasteiger charge is 2.19. The van der Waals surface area contributed by atoms with Crippen molar-refractivity contribution in [1.82, 2.24) is 0 Å². The van der Waals surface area contributed by atoms with Gasteiger partial charge in [-0.15, -0.1) is 11.6 Å². The van der Waals surface area contributed by atoms with Gasteiger partial charge in [0.1, 0.15) is 5.78 Å². The van der Waals surface area contributed by atoms with Crippen LogP contribution in [0.25, 0.3) is 0 Å². The summed E-state index contributed by atoms with van der Waals surface area (Å²) in [6.07, 6.45) is 1.86. The summed E-state index contributed by atoms with van der Waals surface area (Å²) in [6, 6.07) is 3.93. The second-order valence-corrected chi connectivity index (χ2v) is 4.33. The van der Waals surface area contributed by atoms with Crippen LogP contribution >= 0.6 is 23.2 Å². The summed E-state index contributed by atoms with van der Waals surface area (Å²) in [7, 11) is 0. The van der Waals surface area contributed by atoms with Gasteiger partial charge in [0, 0.05) is 23.7 Å². The first kappa shape index (κ1) is 10.0. The van der Waals surface area contributed by atoms with E-state index >= 15 is 0 Å². The molecule has 2 rings (SSSR count). The lowest BCUT2D eigenvalue weighted by Crippen LogP contribution is -1.92. The van der Waals surface area contributed by atoms with Crippen LogP contribution in [-0.4, -0.2) is 11.7 Å². The van der Waals surface area contributed by atoms with Gasteiger partial charge in [0.2, 0.25) is 0 Å². The minimum Gasteiger partial charge on any atom is -0.299 e. The zero-order chi connectivity index (χ0) is 10.1. The van der Waals surface area contributed by atoms with Crippen molar-refractivity contribution >= 4 is 29.0 Å². The van der Waals surface area contributed by atoms with Crippen LogP contribution in [0, 0.1) is 0 Å². The molecule has 0 aromatic heterocycles. The minimum absolute atomic E-state index is 0.277. The number of hydrogen-bond acceptors (Lipinski definition) is 1. The van der Waals surface area contributed by atoms with Crippen LogP contribution in [0.3, 0.4) is 0 Å². The summed E-state index contributed by atoms with van der Waals surface area (Å²) < 4.78 is 0. The Morgan fingerprint density at radius 2 is 1.86 bits per heavy atom. The van der Waals surface area contributed by atoms with E-state index < -0.39 is 0 Å². The van der Waals surface area contributed by atoms with E-state index in [1.807, 2.05) is 12.1 Å². The highest BCUT2D eigenvalue weighted by Crippen LogP contribution is 2.27. The molecule has 0 fully saturated rings. The van der Waals surface area contributed by atoms with E-state index in [-0.39, 0.29) is 5.78 Å². The molecule has 74 valence electrons. The van der Waals surface area contributed by atoms with Gasteiger partial charge in [0.05, 0.1) is 0 Å². The van der Waals surface area contributed by atoms with Crippen molar-refractivity contribution in [2.45, 2.75) is 19.3 Å². The fourth-order valence-electron chi connectivity index (χ4n) is 1.82. The quantitative estimate of drug-likeness (QED) is 0.712. The minimum atomic E-state index is 0.277. The number of ketones is 1. The summed E-state index contributed by atoms with van der Waals surface area (Å²) in [5.41, 5.74) is 3.26. The highest BCUT2D eigenvalue weighted by molar-refractivity contribution is 6.31. The van der Waals surface area contributed by atoms with Gasteiger partial charge >= 0.3 is 0 Å². The van der Waals surface area contributed by atoms with Crippen molar-refractivity contribution in [3.05, 3.63) is 33.8 Å². The molecular weight excluding hydrogens is 219 g/mol. The molecule has 1 nitrogen and oxygen atoms in total. The van der Waals surface area contributed by atoms with Crippen LogP contribution in [-0.2, 0) is 24.1 Å². The van der Waals surface area contributed by atoms with Crippen molar-refractivity contribution in [2.24, 2.45) is 0 Å². The van der Waals surface area contributed by atoms with Gasteiger partial charge in [-0.3, -0.25) is 4.79 Å². The second-order valence-electron chi connectivity index (χ2n) is 3.54. The Labute approximate surface area is 93.0 Å². The lowest BCUT2D eigenvalue weighted by atomic mass is 10.0. The second kappa shape index (κ2) is 3.92. The number of carbonyl (C=O) groups is 1. The lowest BCUT2D eigenvalue weighted by molar-refractivity contribution is -0.117. The van der Waals surface area contributed by atoms with E-state index in [0.29, 0.717) is 18.7 Å². The zero-order valence-electron chi connectivity index (χ0n) is 7.65. The third kappa shape index (κ3) is 1.79. The molecule has 1 aliphatic rings. The Morgan fingerprint density at radius 1 is 1.21 bits per heavy atom. The molecule has 0 amide bonds. The fourth-order valence-corrected chi connectivity index (χ4v) is 2.30. The Bertz CT molecular complexity index is 385. The Hall–Kier alpha value is -0.530. The maximum absolute atomic E-state index is 11.2. The van der Waals surface area contributed by atoms with Crippen molar-refractivity contribution in [3.63, 3.8) is 0 Å². The number of fused-ring (bicyclic) bond motifs is 1. The summed E-state index contributed by atoms with van der Waals surface area (Å²) in [5, 5.41) is 0.735. The van der Waals surface area contributed by atoms with Gasteiger partial charge in [-0.25, -0.2) is 0 Å². The number of halogens is 2. The number of carbonyl (C=O) groups excluding carboxylic acids is 1. The van der Waals surface area contributed by atoms with Crippen LogP contribution in [0.1, 0.15) is 16.7 Å². The Morgan fingerprint density at radius 3 is 2.50 bits per heavy atom. The van der Waals surface area contributed by atoms with E-state index in [9.17, 15) is 4.79 Å². The molecule has 0 aliphatic heterocycles. The average Bonchev–Trinajstić information content (AvgIpc) is 2.45. The smallest absolute Gasteiger partial charge is 0.141 e. The van der Waals surface area contributed by atoms with Gasteiger partial charge < -0.3 is 0 Å². The first-order valence-electron chi connectivity index (χ1n) is 4.58. The maximum atomic E-state index is 11.2. The summed E-state index contributed by atoms with van der Waals surface area (Å²) in [6.45, 7) is 0. The Balaban J connectivity index is 2.39. The fraction of sp³-hybridized carbons (Fsp3) is 0.364. The standard InChI is InChI=1S/C11H10Cl2O/c12-2-1-7-3-8-4-10(14)5-9(8)6-11(7)13/h3,6H,1-2,4-5H2. The van der Waals surface area contributed by atoms with Gasteiger partial charge in [-0.1, -0.05) is 17.7 Å². The van der Waals surface area contributed by atoms with Gasteiger partial charge in [0.25, 0.3) is 0 Å². The first-order chi connectivity index (χ1) is 6.70. The molecule has 0 saturated heterocycles. The molecule has 1 aliphatic carbocycles. The maximum Gasteiger partial charge on any atom is 0.141 e. The predicted molar refractivity (Wildman–Crippen MR) is 58.3 cm³/mol. The molecular formula is C11H10Cl2O. The average molecular weight is 229 g/mol. The largest absolute Gasteiger partial charge is 0.299 e. The molecule has 0 N–H and O–H groups in total. The van der Waals surface area contributed by atoms with Gasteiger partial charge in [-0.2, -0.15) is 0 Å². The molecule has 3 heteroatoms. The number of alkyl halides is 1. The van der Waals surface area contributed by atoms with Gasteiger partial charge in [-0.05, 0) is 29.2 Å². The third-order valence-electron chi connectivity index (χ3n) is 2.51. The van der Waals surface area contributed by atoms with Gasteiger partial charge in [0.15, 0.2) is 0 Å². The van der Waals surface area contributed by atoms with E-state index in [0.717, 1.165) is 28.1 Å². The van der Waals surface area contributed by atoms with Crippen LogP contribution in [0.2, 0.25) is 5.02 Å². The molecule has 0 heterocycles. The third-order valence-corrected chi connectivity index (χ3v) is 3.05. The van der Waals surface area contributed by atoms with Crippen molar-refractivity contribution in [3.8, 4) is 0 Å². The van der Waals surface area contributed by atoms with Crippen LogP contribution in [0.4, 0.5) is 0 Å². The summed E-state index contributed by atoms with van der Waals surface area (Å²) in [5.74, 6) is 0.839. The van der Waals surface area contributed by atoms with Crippen LogP contribution in [0.15, 0.2) is 12.1 Å². The monoisotopic (exact) mass is 228 g/mol. The number of hydrogen-bond donors (Lipinski definition) is 0. The molecule has 0 spiro atoms.